The first kappa shape index (κ1) is 75.2. The Morgan fingerprint density at radius 2 is 0.731 bits per heavy atom. The molecule has 0 spiro atoms. The van der Waals surface area contributed by atoms with E-state index < -0.39 is 24.3 Å². The van der Waals surface area contributed by atoms with E-state index >= 15 is 0 Å². The van der Waals surface area contributed by atoms with E-state index in [9.17, 15) is 19.5 Å². The molecule has 0 fully saturated rings. The number of allylic oxidation sites excluding steroid dienone is 8. The fourth-order valence-electron chi connectivity index (χ4n) is 9.77. The van der Waals surface area contributed by atoms with Gasteiger partial charge in [-0.15, -0.1) is 0 Å². The zero-order valence-corrected chi connectivity index (χ0v) is 52.0. The zero-order chi connectivity index (χ0) is 56.9. The molecular weight excluding hydrogens is 971 g/mol. The van der Waals surface area contributed by atoms with Crippen LogP contribution in [0.1, 0.15) is 316 Å². The van der Waals surface area contributed by atoms with Crippen LogP contribution in [0.25, 0.3) is 0 Å². The van der Waals surface area contributed by atoms with Crippen molar-refractivity contribution in [3.05, 3.63) is 48.6 Å². The molecule has 0 aromatic carbocycles. The number of hydrogen-bond acceptors (Lipinski definition) is 8. The number of carbonyl (C=O) groups is 3. The minimum Gasteiger partial charge on any atom is -0.545 e. The molecule has 0 amide bonds. The topological polar surface area (TPSA) is 111 Å². The number of carbonyl (C=O) groups excluding carboxylic acids is 3. The van der Waals surface area contributed by atoms with Gasteiger partial charge in [-0.05, 0) is 51.4 Å². The fraction of sp³-hybridized carbons (Fsp3) is 0.841. The molecule has 78 heavy (non-hydrogen) atoms. The highest BCUT2D eigenvalue weighted by atomic mass is 16.7. The Bertz CT molecular complexity index is 1420. The molecular formula is C69H127NO8. The molecule has 0 aromatic heterocycles. The number of carboxylic acid groups (broad SMARTS) is 1. The standard InChI is InChI=1S/C69H127NO8/c1-6-8-10-12-14-16-18-20-22-23-24-25-26-27-28-29-30-31-32-33-34-35-36-37-38-39-40-41-42-43-44-45-46-48-50-52-54-56-58-60-67(72)78-65(64-77-69(68(73)74)75-62-61-70(3,4)5)63-76-66(71)59-57-55-53-51-49-47-21-19-17-15-13-11-9-7-2/h8,10,14,16,20,22,24-25,65,69H,6-7,9,11-13,15,17-19,21,23,26-64H2,1-5H3/b10-8-,16-14-,22-20-,25-24-. The average Bonchev–Trinajstić information content (AvgIpc) is 3.41. The number of carboxylic acids is 1. The van der Waals surface area contributed by atoms with Gasteiger partial charge in [-0.2, -0.15) is 0 Å². The van der Waals surface area contributed by atoms with Gasteiger partial charge in [-0.1, -0.05) is 300 Å². The summed E-state index contributed by atoms with van der Waals surface area (Å²) in [4.78, 5) is 37.3. The molecule has 0 aliphatic rings. The summed E-state index contributed by atoms with van der Waals surface area (Å²) < 4.78 is 22.7. The monoisotopic (exact) mass is 1100 g/mol. The van der Waals surface area contributed by atoms with Crippen LogP contribution in [0, 0.1) is 0 Å². The van der Waals surface area contributed by atoms with Gasteiger partial charge in [0.1, 0.15) is 13.2 Å². The molecule has 0 bridgehead atoms. The van der Waals surface area contributed by atoms with Crippen molar-refractivity contribution in [2.75, 3.05) is 47.5 Å². The van der Waals surface area contributed by atoms with E-state index in [1.54, 1.807) is 0 Å². The summed E-state index contributed by atoms with van der Waals surface area (Å²) in [5.41, 5.74) is 0. The first-order chi connectivity index (χ1) is 38.1. The number of aliphatic carboxylic acids is 1. The van der Waals surface area contributed by atoms with E-state index in [1.807, 2.05) is 21.1 Å². The van der Waals surface area contributed by atoms with Crippen LogP contribution >= 0.6 is 0 Å². The molecule has 9 heteroatoms. The van der Waals surface area contributed by atoms with E-state index in [2.05, 4.69) is 62.5 Å². The normalized spacial score (nSPS) is 13.0. The van der Waals surface area contributed by atoms with Crippen molar-refractivity contribution in [3.63, 3.8) is 0 Å². The minimum atomic E-state index is -1.62. The molecule has 0 radical (unpaired) electrons. The van der Waals surface area contributed by atoms with Gasteiger partial charge in [0, 0.05) is 12.8 Å². The number of likely N-dealkylation sites (N-methyl/N-ethyl adjacent to an activating group) is 1. The van der Waals surface area contributed by atoms with E-state index in [0.29, 0.717) is 17.4 Å². The quantitative estimate of drug-likeness (QED) is 0.0195. The van der Waals surface area contributed by atoms with E-state index in [1.165, 1.54) is 225 Å². The van der Waals surface area contributed by atoms with Gasteiger partial charge in [-0.3, -0.25) is 9.59 Å². The second-order valence-electron chi connectivity index (χ2n) is 23.7. The Balaban J connectivity index is 3.93. The molecule has 0 N–H and O–H groups in total. The number of nitrogens with zero attached hydrogens (tertiary/aromatic N) is 1. The van der Waals surface area contributed by atoms with Crippen molar-refractivity contribution in [2.24, 2.45) is 0 Å². The van der Waals surface area contributed by atoms with Crippen molar-refractivity contribution < 1.29 is 42.9 Å². The maximum atomic E-state index is 12.9. The summed E-state index contributed by atoms with van der Waals surface area (Å²) in [6.07, 6.45) is 73.5. The largest absolute Gasteiger partial charge is 0.545 e. The van der Waals surface area contributed by atoms with Gasteiger partial charge in [0.15, 0.2) is 12.4 Å². The highest BCUT2D eigenvalue weighted by molar-refractivity contribution is 5.70. The third kappa shape index (κ3) is 60.9. The van der Waals surface area contributed by atoms with Crippen molar-refractivity contribution in [3.8, 4) is 0 Å². The summed E-state index contributed by atoms with van der Waals surface area (Å²) >= 11 is 0. The van der Waals surface area contributed by atoms with Crippen LogP contribution in [0.15, 0.2) is 48.6 Å². The summed E-state index contributed by atoms with van der Waals surface area (Å²) in [6.45, 7) is 4.68. The molecule has 0 aromatic rings. The molecule has 0 aliphatic heterocycles. The predicted octanol–water partition coefficient (Wildman–Crippen LogP) is 18.9. The first-order valence-electron chi connectivity index (χ1n) is 33.3. The van der Waals surface area contributed by atoms with Crippen molar-refractivity contribution >= 4 is 17.9 Å². The summed E-state index contributed by atoms with van der Waals surface area (Å²) in [5.74, 6) is -2.26. The van der Waals surface area contributed by atoms with E-state index in [-0.39, 0.29) is 32.2 Å². The van der Waals surface area contributed by atoms with Crippen LogP contribution in [-0.2, 0) is 33.3 Å². The van der Waals surface area contributed by atoms with E-state index in [0.717, 1.165) is 64.2 Å². The highest BCUT2D eigenvalue weighted by Crippen LogP contribution is 2.18. The number of esters is 2. The molecule has 2 atom stereocenters. The fourth-order valence-corrected chi connectivity index (χ4v) is 9.77. The Morgan fingerprint density at radius 1 is 0.397 bits per heavy atom. The van der Waals surface area contributed by atoms with Crippen LogP contribution in [0.5, 0.6) is 0 Å². The smallest absolute Gasteiger partial charge is 0.306 e. The molecule has 0 heterocycles. The predicted molar refractivity (Wildman–Crippen MR) is 329 cm³/mol. The van der Waals surface area contributed by atoms with Gasteiger partial charge in [0.05, 0.1) is 40.3 Å². The van der Waals surface area contributed by atoms with Gasteiger partial charge in [0.2, 0.25) is 0 Å². The van der Waals surface area contributed by atoms with Crippen LogP contribution < -0.4 is 5.11 Å². The SMILES string of the molecule is CC/C=C\C/C=C\C/C=C\C/C=C\CCCCCCCCCCCCCCCCCCCCCCCCCCCCC(=O)OC(COC(=O)CCCCCCCCCCCCCCCC)COC(OCC[N+](C)(C)C)C(=O)[O-]. The number of rotatable bonds is 62. The number of ether oxygens (including phenoxy) is 4. The summed E-state index contributed by atoms with van der Waals surface area (Å²) in [6, 6.07) is 0. The highest BCUT2D eigenvalue weighted by Gasteiger charge is 2.22. The van der Waals surface area contributed by atoms with Crippen LogP contribution in [0.2, 0.25) is 0 Å². The van der Waals surface area contributed by atoms with Gasteiger partial charge in [0.25, 0.3) is 0 Å². The zero-order valence-electron chi connectivity index (χ0n) is 52.0. The van der Waals surface area contributed by atoms with Crippen LogP contribution in [0.3, 0.4) is 0 Å². The second-order valence-corrected chi connectivity index (χ2v) is 23.7. The Morgan fingerprint density at radius 3 is 1.09 bits per heavy atom. The minimum absolute atomic E-state index is 0.151. The Labute approximate surface area is 482 Å². The van der Waals surface area contributed by atoms with Crippen molar-refractivity contribution in [1.29, 1.82) is 0 Å². The molecule has 0 saturated carbocycles. The molecule has 2 unspecified atom stereocenters. The molecule has 0 aliphatic carbocycles. The number of hydrogen-bond donors (Lipinski definition) is 0. The van der Waals surface area contributed by atoms with Crippen molar-refractivity contribution in [1.82, 2.24) is 0 Å². The second kappa shape index (κ2) is 60.3. The first-order valence-corrected chi connectivity index (χ1v) is 33.3. The third-order valence-electron chi connectivity index (χ3n) is 14.8. The lowest BCUT2D eigenvalue weighted by Gasteiger charge is -2.26. The van der Waals surface area contributed by atoms with Crippen LogP contribution in [-0.4, -0.2) is 82.3 Å². The lowest BCUT2D eigenvalue weighted by molar-refractivity contribution is -0.870. The summed E-state index contributed by atoms with van der Waals surface area (Å²) in [5, 5.41) is 11.8. The molecule has 0 saturated heterocycles. The third-order valence-corrected chi connectivity index (χ3v) is 14.8. The van der Waals surface area contributed by atoms with Crippen molar-refractivity contribution in [2.45, 2.75) is 328 Å². The van der Waals surface area contributed by atoms with Gasteiger partial charge >= 0.3 is 11.9 Å². The Kier molecular flexibility index (Phi) is 58.2. The Hall–Kier alpha value is -2.75. The van der Waals surface area contributed by atoms with Gasteiger partial charge < -0.3 is 33.3 Å². The summed E-state index contributed by atoms with van der Waals surface area (Å²) in [7, 11) is 5.93. The van der Waals surface area contributed by atoms with Gasteiger partial charge in [-0.25, -0.2) is 0 Å². The molecule has 9 nitrogen and oxygen atoms in total. The molecule has 456 valence electrons. The maximum absolute atomic E-state index is 12.9. The number of quaternary nitrogens is 1. The molecule has 0 rings (SSSR count). The average molecular weight is 1100 g/mol. The van der Waals surface area contributed by atoms with Crippen LogP contribution in [0.4, 0.5) is 0 Å². The van der Waals surface area contributed by atoms with E-state index in [4.69, 9.17) is 18.9 Å². The lowest BCUT2D eigenvalue weighted by atomic mass is 10.0. The lowest BCUT2D eigenvalue weighted by Crippen LogP contribution is -2.44. The number of unbranched alkanes of at least 4 members (excludes halogenated alkanes) is 39. The maximum Gasteiger partial charge on any atom is 0.306 e.